The van der Waals surface area contributed by atoms with Crippen molar-refractivity contribution in [3.63, 3.8) is 0 Å². The second kappa shape index (κ2) is 10.2. The average Bonchev–Trinajstić information content (AvgIpc) is 3.26. The summed E-state index contributed by atoms with van der Waals surface area (Å²) in [6.07, 6.45) is 1.29. The number of ether oxygens (including phenoxy) is 1. The molecule has 4 N–H and O–H groups in total. The van der Waals surface area contributed by atoms with Gasteiger partial charge in [-0.2, -0.15) is 5.21 Å². The highest BCUT2D eigenvalue weighted by Crippen LogP contribution is 2.33. The Morgan fingerprint density at radius 3 is 2.30 bits per heavy atom. The van der Waals surface area contributed by atoms with Gasteiger partial charge in [-0.1, -0.05) is 37.3 Å². The van der Waals surface area contributed by atoms with Crippen LogP contribution in [-0.4, -0.2) is 47.2 Å². The SMILES string of the molecule is CC(C)C[C@H](C(O)O)[C@H](Cc1ccc(Oc2ccc(CO)cc2)nc1)c1nn[nH]n1. The van der Waals surface area contributed by atoms with E-state index in [1.54, 1.807) is 36.5 Å². The van der Waals surface area contributed by atoms with Crippen molar-refractivity contribution in [2.75, 3.05) is 0 Å². The number of hydrogen-bond donors (Lipinski definition) is 4. The molecule has 0 fully saturated rings. The fourth-order valence-corrected chi connectivity index (χ4v) is 3.43. The Labute approximate surface area is 174 Å². The van der Waals surface area contributed by atoms with E-state index in [2.05, 4.69) is 25.6 Å². The molecule has 2 heterocycles. The summed E-state index contributed by atoms with van der Waals surface area (Å²) in [6.45, 7) is 4.04. The lowest BCUT2D eigenvalue weighted by molar-refractivity contribution is -0.0972. The van der Waals surface area contributed by atoms with Gasteiger partial charge in [-0.25, -0.2) is 4.98 Å². The first-order chi connectivity index (χ1) is 14.5. The van der Waals surface area contributed by atoms with Gasteiger partial charge >= 0.3 is 0 Å². The van der Waals surface area contributed by atoms with Crippen LogP contribution >= 0.6 is 0 Å². The molecule has 0 radical (unpaired) electrons. The molecule has 9 heteroatoms. The van der Waals surface area contributed by atoms with E-state index in [4.69, 9.17) is 9.84 Å². The van der Waals surface area contributed by atoms with Crippen LogP contribution in [0.25, 0.3) is 0 Å². The standard InChI is InChI=1S/C21H27N5O4/c1-13(2)9-18(21(28)29)17(20-23-25-26-24-20)10-15-5-8-19(22-11-15)30-16-6-3-14(12-27)4-7-16/h3-8,11,13,17-18,21,27-29H,9-10,12H2,1-2H3,(H,23,24,25,26)/t17-,18-/m0/s1. The minimum atomic E-state index is -1.49. The first kappa shape index (κ1) is 21.8. The van der Waals surface area contributed by atoms with Crippen LogP contribution in [0, 0.1) is 11.8 Å². The number of aliphatic hydroxyl groups excluding tert-OH is 2. The maximum absolute atomic E-state index is 9.97. The molecule has 160 valence electrons. The number of nitrogens with zero attached hydrogens (tertiary/aromatic N) is 4. The summed E-state index contributed by atoms with van der Waals surface area (Å²) >= 11 is 0. The van der Waals surface area contributed by atoms with Gasteiger partial charge in [0.15, 0.2) is 12.1 Å². The van der Waals surface area contributed by atoms with Crippen LogP contribution in [0.4, 0.5) is 0 Å². The highest BCUT2D eigenvalue weighted by Gasteiger charge is 2.32. The third-order valence-electron chi connectivity index (χ3n) is 4.92. The third-order valence-corrected chi connectivity index (χ3v) is 4.92. The maximum Gasteiger partial charge on any atom is 0.219 e. The van der Waals surface area contributed by atoms with Crippen LogP contribution in [0.2, 0.25) is 0 Å². The smallest absolute Gasteiger partial charge is 0.219 e. The van der Waals surface area contributed by atoms with Gasteiger partial charge < -0.3 is 20.1 Å². The van der Waals surface area contributed by atoms with Gasteiger partial charge in [-0.05, 0) is 42.0 Å². The Hall–Kier alpha value is -2.88. The zero-order chi connectivity index (χ0) is 21.5. The number of rotatable bonds is 10. The number of hydrogen-bond acceptors (Lipinski definition) is 8. The Kier molecular flexibility index (Phi) is 7.45. The number of benzene rings is 1. The Balaban J connectivity index is 1.74. The lowest BCUT2D eigenvalue weighted by Gasteiger charge is -2.27. The van der Waals surface area contributed by atoms with E-state index in [0.29, 0.717) is 30.3 Å². The first-order valence-corrected chi connectivity index (χ1v) is 9.88. The topological polar surface area (TPSA) is 137 Å². The highest BCUT2D eigenvalue weighted by molar-refractivity contribution is 5.31. The number of H-pyrrole nitrogens is 1. The summed E-state index contributed by atoms with van der Waals surface area (Å²) in [5.41, 5.74) is 1.70. The summed E-state index contributed by atoms with van der Waals surface area (Å²) in [6, 6.07) is 10.8. The average molecular weight is 413 g/mol. The molecule has 0 aliphatic heterocycles. The number of aromatic nitrogens is 5. The zero-order valence-electron chi connectivity index (χ0n) is 17.0. The molecule has 30 heavy (non-hydrogen) atoms. The number of aliphatic hydroxyl groups is 3. The van der Waals surface area contributed by atoms with E-state index < -0.39 is 12.2 Å². The Bertz CT molecular complexity index is 883. The summed E-state index contributed by atoms with van der Waals surface area (Å²) in [7, 11) is 0. The molecular formula is C21H27N5O4. The monoisotopic (exact) mass is 413 g/mol. The van der Waals surface area contributed by atoms with E-state index >= 15 is 0 Å². The van der Waals surface area contributed by atoms with Crippen LogP contribution in [0.3, 0.4) is 0 Å². The molecule has 0 amide bonds. The van der Waals surface area contributed by atoms with Crippen LogP contribution < -0.4 is 4.74 Å². The molecule has 3 aromatic rings. The number of aromatic amines is 1. The van der Waals surface area contributed by atoms with Crippen LogP contribution in [0.1, 0.15) is 43.1 Å². The van der Waals surface area contributed by atoms with Crippen molar-refractivity contribution >= 4 is 0 Å². The maximum atomic E-state index is 9.97. The Morgan fingerprint density at radius 2 is 1.77 bits per heavy atom. The highest BCUT2D eigenvalue weighted by atomic mass is 16.5. The van der Waals surface area contributed by atoms with Gasteiger partial charge in [0.2, 0.25) is 5.88 Å². The van der Waals surface area contributed by atoms with Gasteiger partial charge in [-0.15, -0.1) is 10.2 Å². The molecule has 3 rings (SSSR count). The van der Waals surface area contributed by atoms with Crippen molar-refractivity contribution < 1.29 is 20.1 Å². The second-order valence-corrected chi connectivity index (χ2v) is 7.70. The molecule has 0 saturated carbocycles. The molecule has 0 saturated heterocycles. The van der Waals surface area contributed by atoms with Crippen molar-refractivity contribution in [1.82, 2.24) is 25.6 Å². The van der Waals surface area contributed by atoms with Crippen LogP contribution in [-0.2, 0) is 13.0 Å². The Morgan fingerprint density at radius 1 is 1.03 bits per heavy atom. The summed E-state index contributed by atoms with van der Waals surface area (Å²) in [5, 5.41) is 43.3. The quantitative estimate of drug-likeness (QED) is 0.371. The van der Waals surface area contributed by atoms with Crippen LogP contribution in [0.15, 0.2) is 42.6 Å². The molecule has 0 spiro atoms. The van der Waals surface area contributed by atoms with E-state index in [9.17, 15) is 10.2 Å². The molecule has 2 atom stereocenters. The lowest BCUT2D eigenvalue weighted by atomic mass is 9.81. The minimum Gasteiger partial charge on any atom is -0.439 e. The van der Waals surface area contributed by atoms with Gasteiger partial charge in [0, 0.05) is 24.1 Å². The van der Waals surface area contributed by atoms with Crippen molar-refractivity contribution in [2.45, 2.75) is 45.5 Å². The molecule has 0 aliphatic rings. The van der Waals surface area contributed by atoms with Gasteiger partial charge in [0.25, 0.3) is 0 Å². The molecule has 0 bridgehead atoms. The molecule has 0 aliphatic carbocycles. The van der Waals surface area contributed by atoms with Gasteiger partial charge in [0.05, 0.1) is 6.61 Å². The predicted octanol–water partition coefficient (Wildman–Crippen LogP) is 2.18. The van der Waals surface area contributed by atoms with E-state index in [0.717, 1.165) is 11.1 Å². The number of tetrazole rings is 1. The number of pyridine rings is 1. The molecule has 2 aromatic heterocycles. The summed E-state index contributed by atoms with van der Waals surface area (Å²) in [4.78, 5) is 4.36. The fourth-order valence-electron chi connectivity index (χ4n) is 3.43. The second-order valence-electron chi connectivity index (χ2n) is 7.70. The summed E-state index contributed by atoms with van der Waals surface area (Å²) < 4.78 is 5.74. The van der Waals surface area contributed by atoms with Crippen LogP contribution in [0.5, 0.6) is 11.6 Å². The van der Waals surface area contributed by atoms with Crippen molar-refractivity contribution in [1.29, 1.82) is 0 Å². The molecule has 0 unspecified atom stereocenters. The predicted molar refractivity (Wildman–Crippen MR) is 108 cm³/mol. The van der Waals surface area contributed by atoms with Gasteiger partial charge in [0.1, 0.15) is 5.75 Å². The van der Waals surface area contributed by atoms with E-state index in [-0.39, 0.29) is 18.4 Å². The lowest BCUT2D eigenvalue weighted by Crippen LogP contribution is -2.30. The number of nitrogens with one attached hydrogen (secondary N) is 1. The zero-order valence-corrected chi connectivity index (χ0v) is 17.0. The largest absolute Gasteiger partial charge is 0.439 e. The molecule has 9 nitrogen and oxygen atoms in total. The van der Waals surface area contributed by atoms with E-state index in [1.165, 1.54) is 0 Å². The summed E-state index contributed by atoms with van der Waals surface area (Å²) in [5.74, 6) is 1.01. The van der Waals surface area contributed by atoms with Crippen molar-refractivity contribution in [2.24, 2.45) is 11.8 Å². The van der Waals surface area contributed by atoms with E-state index in [1.807, 2.05) is 19.9 Å². The molecular weight excluding hydrogens is 386 g/mol. The normalized spacial score (nSPS) is 13.6. The van der Waals surface area contributed by atoms with Crippen molar-refractivity contribution in [3.8, 4) is 11.6 Å². The molecule has 1 aromatic carbocycles. The fraction of sp³-hybridized carbons (Fsp3) is 0.429. The first-order valence-electron chi connectivity index (χ1n) is 9.88. The van der Waals surface area contributed by atoms with Gasteiger partial charge in [-0.3, -0.25) is 0 Å². The minimum absolute atomic E-state index is 0.0187. The third kappa shape index (κ3) is 5.82. The van der Waals surface area contributed by atoms with Crippen molar-refractivity contribution in [3.05, 3.63) is 59.5 Å².